The van der Waals surface area contributed by atoms with Crippen LogP contribution in [0.15, 0.2) is 72.9 Å². The zero-order valence-corrected chi connectivity index (χ0v) is 18.9. The van der Waals surface area contributed by atoms with Crippen molar-refractivity contribution >= 4 is 0 Å². The summed E-state index contributed by atoms with van der Waals surface area (Å²) >= 11 is 0. The summed E-state index contributed by atoms with van der Waals surface area (Å²) in [6, 6.07) is 21.3. The minimum atomic E-state index is -0.396. The number of aromatic nitrogens is 1. The van der Waals surface area contributed by atoms with Gasteiger partial charge in [0.25, 0.3) is 0 Å². The van der Waals surface area contributed by atoms with Crippen LogP contribution in [0, 0.1) is 11.7 Å². The highest BCUT2D eigenvalue weighted by atomic mass is 19.1. The molecule has 1 N–H and O–H groups in total. The number of benzene rings is 2. The van der Waals surface area contributed by atoms with E-state index in [1.54, 1.807) is 12.1 Å². The predicted molar refractivity (Wildman–Crippen MR) is 128 cm³/mol. The first-order chi connectivity index (χ1) is 15.7. The number of aliphatic hydroxyl groups excluding tert-OH is 1. The largest absolute Gasteiger partial charge is 0.391 e. The average molecular weight is 435 g/mol. The Kier molecular flexibility index (Phi) is 8.13. The molecule has 1 atom stereocenters. The van der Waals surface area contributed by atoms with Gasteiger partial charge in [0.15, 0.2) is 0 Å². The Labute approximate surface area is 191 Å². The molecule has 0 aliphatic heterocycles. The van der Waals surface area contributed by atoms with E-state index < -0.39 is 6.10 Å². The summed E-state index contributed by atoms with van der Waals surface area (Å²) in [6.45, 7) is 3.14. The van der Waals surface area contributed by atoms with Gasteiger partial charge in [-0.3, -0.25) is 4.90 Å². The lowest BCUT2D eigenvalue weighted by molar-refractivity contribution is 0.0915. The maximum atomic E-state index is 13.6. The fourth-order valence-corrected chi connectivity index (χ4v) is 5.00. The minimum absolute atomic E-state index is 0.195. The molecule has 2 aromatic carbocycles. The summed E-state index contributed by atoms with van der Waals surface area (Å²) in [6.07, 6.45) is 8.91. The fourth-order valence-electron chi connectivity index (χ4n) is 5.00. The van der Waals surface area contributed by atoms with Crippen molar-refractivity contribution in [1.29, 1.82) is 0 Å². The molecule has 1 fully saturated rings. The van der Waals surface area contributed by atoms with E-state index in [1.807, 2.05) is 24.3 Å². The minimum Gasteiger partial charge on any atom is -0.391 e. The maximum absolute atomic E-state index is 13.6. The summed E-state index contributed by atoms with van der Waals surface area (Å²) < 4.78 is 15.8. The smallest absolute Gasteiger partial charge is 0.123 e. The fraction of sp³-hybridized carbons (Fsp3) is 0.429. The van der Waals surface area contributed by atoms with Crippen molar-refractivity contribution in [2.75, 3.05) is 13.1 Å². The highest BCUT2D eigenvalue weighted by molar-refractivity contribution is 5.19. The molecule has 1 saturated carbocycles. The molecule has 1 aliphatic carbocycles. The molecule has 0 spiro atoms. The molecule has 3 nitrogen and oxygen atoms in total. The quantitative estimate of drug-likeness (QED) is 0.446. The average Bonchev–Trinajstić information content (AvgIpc) is 3.21. The number of halogens is 1. The van der Waals surface area contributed by atoms with E-state index in [2.05, 4.69) is 39.9 Å². The van der Waals surface area contributed by atoms with Crippen molar-refractivity contribution in [3.8, 4) is 0 Å². The molecule has 0 radical (unpaired) electrons. The Morgan fingerprint density at radius 1 is 0.938 bits per heavy atom. The summed E-state index contributed by atoms with van der Waals surface area (Å²) in [5.41, 5.74) is 3.34. The number of aliphatic hydroxyl groups is 1. The van der Waals surface area contributed by atoms with Crippen LogP contribution >= 0.6 is 0 Å². The van der Waals surface area contributed by atoms with Crippen LogP contribution < -0.4 is 0 Å². The number of nitrogens with zero attached hydrogens (tertiary/aromatic N) is 2. The highest BCUT2D eigenvalue weighted by Gasteiger charge is 2.21. The van der Waals surface area contributed by atoms with Crippen molar-refractivity contribution in [3.63, 3.8) is 0 Å². The van der Waals surface area contributed by atoms with Crippen LogP contribution in [0.5, 0.6) is 0 Å². The van der Waals surface area contributed by atoms with Crippen LogP contribution in [-0.4, -0.2) is 33.8 Å². The van der Waals surface area contributed by atoms with Crippen molar-refractivity contribution in [3.05, 3.63) is 95.6 Å². The van der Waals surface area contributed by atoms with Crippen molar-refractivity contribution in [2.24, 2.45) is 5.92 Å². The van der Waals surface area contributed by atoms with Crippen LogP contribution in [0.1, 0.15) is 48.9 Å². The SMILES string of the molecule is OC(Cc1ccccc1)CN(Cc1cccn1Cc1cccc(F)c1)CC1CCCCC1. The van der Waals surface area contributed by atoms with E-state index in [0.29, 0.717) is 25.4 Å². The van der Waals surface area contributed by atoms with Gasteiger partial charge in [0.1, 0.15) is 5.82 Å². The standard InChI is InChI=1S/C28H35FN2O/c29-26-14-7-13-25(17-26)20-31-16-8-15-27(31)21-30(19-24-11-5-2-6-12-24)22-28(32)18-23-9-3-1-4-10-23/h1,3-4,7-10,13-17,24,28,32H,2,5-6,11-12,18-22H2. The second kappa shape index (κ2) is 11.4. The molecule has 1 aliphatic rings. The molecule has 0 saturated heterocycles. The number of hydrogen-bond donors (Lipinski definition) is 1. The molecule has 4 heteroatoms. The van der Waals surface area contributed by atoms with E-state index in [0.717, 1.165) is 18.7 Å². The van der Waals surface area contributed by atoms with E-state index in [9.17, 15) is 9.50 Å². The third-order valence-electron chi connectivity index (χ3n) is 6.58. The van der Waals surface area contributed by atoms with Gasteiger partial charge in [-0.2, -0.15) is 0 Å². The van der Waals surface area contributed by atoms with Gasteiger partial charge < -0.3 is 9.67 Å². The molecular weight excluding hydrogens is 399 g/mol. The van der Waals surface area contributed by atoms with Crippen LogP contribution in [0.4, 0.5) is 4.39 Å². The Morgan fingerprint density at radius 2 is 1.72 bits per heavy atom. The van der Waals surface area contributed by atoms with Crippen LogP contribution in [0.25, 0.3) is 0 Å². The summed E-state index contributed by atoms with van der Waals surface area (Å²) in [7, 11) is 0. The molecule has 1 heterocycles. The Bertz CT molecular complexity index is 949. The first-order valence-electron chi connectivity index (χ1n) is 12.0. The van der Waals surface area contributed by atoms with E-state index in [4.69, 9.17) is 0 Å². The zero-order chi connectivity index (χ0) is 22.2. The number of hydrogen-bond acceptors (Lipinski definition) is 2. The molecule has 0 amide bonds. The molecular formula is C28H35FN2O. The summed E-state index contributed by atoms with van der Waals surface area (Å²) in [5, 5.41) is 10.9. The van der Waals surface area contributed by atoms with Gasteiger partial charge in [-0.15, -0.1) is 0 Å². The lowest BCUT2D eigenvalue weighted by Crippen LogP contribution is -2.37. The van der Waals surface area contributed by atoms with E-state index in [-0.39, 0.29) is 5.82 Å². The Balaban J connectivity index is 1.44. The Hall–Kier alpha value is -2.43. The predicted octanol–water partition coefficient (Wildman–Crippen LogP) is 5.66. The van der Waals surface area contributed by atoms with Crippen LogP contribution in [0.3, 0.4) is 0 Å². The van der Waals surface area contributed by atoms with Gasteiger partial charge in [0, 0.05) is 38.1 Å². The maximum Gasteiger partial charge on any atom is 0.123 e. The van der Waals surface area contributed by atoms with Gasteiger partial charge in [-0.1, -0.05) is 61.7 Å². The van der Waals surface area contributed by atoms with Crippen molar-refractivity contribution in [1.82, 2.24) is 9.47 Å². The van der Waals surface area contributed by atoms with Gasteiger partial charge in [-0.05, 0) is 60.6 Å². The molecule has 1 unspecified atom stereocenters. The normalized spacial score (nSPS) is 15.8. The molecule has 1 aromatic heterocycles. The van der Waals surface area contributed by atoms with Crippen LogP contribution in [0.2, 0.25) is 0 Å². The van der Waals surface area contributed by atoms with Gasteiger partial charge in [-0.25, -0.2) is 4.39 Å². The van der Waals surface area contributed by atoms with Crippen molar-refractivity contribution < 1.29 is 9.50 Å². The molecule has 0 bridgehead atoms. The second-order valence-corrected chi connectivity index (χ2v) is 9.30. The third kappa shape index (κ3) is 6.78. The first kappa shape index (κ1) is 22.8. The number of rotatable bonds is 10. The Morgan fingerprint density at radius 3 is 2.50 bits per heavy atom. The topological polar surface area (TPSA) is 28.4 Å². The highest BCUT2D eigenvalue weighted by Crippen LogP contribution is 2.25. The lowest BCUT2D eigenvalue weighted by Gasteiger charge is -2.31. The summed E-state index contributed by atoms with van der Waals surface area (Å²) in [4.78, 5) is 2.43. The van der Waals surface area contributed by atoms with E-state index in [1.165, 1.54) is 49.4 Å². The zero-order valence-electron chi connectivity index (χ0n) is 18.9. The molecule has 3 aromatic rings. The van der Waals surface area contributed by atoms with E-state index >= 15 is 0 Å². The lowest BCUT2D eigenvalue weighted by atomic mass is 9.89. The monoisotopic (exact) mass is 434 g/mol. The molecule has 32 heavy (non-hydrogen) atoms. The molecule has 4 rings (SSSR count). The van der Waals surface area contributed by atoms with Crippen LogP contribution in [-0.2, 0) is 19.5 Å². The summed E-state index contributed by atoms with van der Waals surface area (Å²) in [5.74, 6) is 0.512. The van der Waals surface area contributed by atoms with Gasteiger partial charge >= 0.3 is 0 Å². The van der Waals surface area contributed by atoms with Crippen molar-refractivity contribution in [2.45, 2.75) is 57.7 Å². The van der Waals surface area contributed by atoms with Gasteiger partial charge in [0.2, 0.25) is 0 Å². The first-order valence-corrected chi connectivity index (χ1v) is 12.0. The molecule has 170 valence electrons. The third-order valence-corrected chi connectivity index (χ3v) is 6.58. The van der Waals surface area contributed by atoms with Gasteiger partial charge in [0.05, 0.1) is 6.10 Å². The second-order valence-electron chi connectivity index (χ2n) is 9.30.